The van der Waals surface area contributed by atoms with E-state index < -0.39 is 5.97 Å². The monoisotopic (exact) mass is 288 g/mol. The Morgan fingerprint density at radius 1 is 1.24 bits per heavy atom. The summed E-state index contributed by atoms with van der Waals surface area (Å²) < 4.78 is 13.6. The highest BCUT2D eigenvalue weighted by Crippen LogP contribution is 2.22. The second kappa shape index (κ2) is 5.83. The lowest BCUT2D eigenvalue weighted by Crippen LogP contribution is -2.06. The van der Waals surface area contributed by atoms with Crippen LogP contribution in [0.4, 0.5) is 15.8 Å². The fraction of sp³-hybridized carbons (Fsp3) is 0.188. The quantitative estimate of drug-likeness (QED) is 0.754. The van der Waals surface area contributed by atoms with Crippen molar-refractivity contribution in [1.82, 2.24) is 0 Å². The summed E-state index contributed by atoms with van der Waals surface area (Å²) >= 11 is 0. The van der Waals surface area contributed by atoms with E-state index in [1.165, 1.54) is 12.1 Å². The van der Waals surface area contributed by atoms with Crippen LogP contribution in [0, 0.1) is 19.7 Å². The van der Waals surface area contributed by atoms with Crippen molar-refractivity contribution >= 4 is 17.3 Å². The second-order valence-corrected chi connectivity index (χ2v) is 5.00. The van der Waals surface area contributed by atoms with Crippen molar-refractivity contribution in [2.75, 3.05) is 11.1 Å². The lowest BCUT2D eigenvalue weighted by atomic mass is 10.1. The SMILES string of the molecule is Cc1cc(CNc2cc(C(=O)O)ccc2N)cc(C)c1F. The van der Waals surface area contributed by atoms with Crippen LogP contribution in [0.25, 0.3) is 0 Å². The minimum Gasteiger partial charge on any atom is -0.478 e. The highest BCUT2D eigenvalue weighted by Gasteiger charge is 2.08. The number of anilines is 2. The maximum atomic E-state index is 13.6. The number of nitrogens with two attached hydrogens (primary N) is 1. The van der Waals surface area contributed by atoms with Gasteiger partial charge in [-0.2, -0.15) is 0 Å². The second-order valence-electron chi connectivity index (χ2n) is 5.00. The molecule has 0 radical (unpaired) electrons. The van der Waals surface area contributed by atoms with Crippen LogP contribution >= 0.6 is 0 Å². The zero-order valence-electron chi connectivity index (χ0n) is 11.9. The van der Waals surface area contributed by atoms with E-state index in [2.05, 4.69) is 5.32 Å². The largest absolute Gasteiger partial charge is 0.478 e. The molecule has 0 aliphatic heterocycles. The number of carboxylic acids is 1. The molecule has 0 saturated carbocycles. The summed E-state index contributed by atoms with van der Waals surface area (Å²) in [5, 5.41) is 12.1. The van der Waals surface area contributed by atoms with Gasteiger partial charge in [0.25, 0.3) is 0 Å². The third-order valence-electron chi connectivity index (χ3n) is 3.28. The fourth-order valence-electron chi connectivity index (χ4n) is 2.18. The predicted octanol–water partition coefficient (Wildman–Crippen LogP) is 3.34. The molecule has 5 heteroatoms. The molecule has 0 aromatic heterocycles. The molecule has 0 aliphatic carbocycles. The first-order valence-electron chi connectivity index (χ1n) is 6.51. The number of aromatic carboxylic acids is 1. The van der Waals surface area contributed by atoms with Crippen molar-refractivity contribution in [2.45, 2.75) is 20.4 Å². The van der Waals surface area contributed by atoms with Gasteiger partial charge in [0.2, 0.25) is 0 Å². The predicted molar refractivity (Wildman–Crippen MR) is 81.0 cm³/mol. The van der Waals surface area contributed by atoms with Crippen LogP contribution in [-0.4, -0.2) is 11.1 Å². The van der Waals surface area contributed by atoms with Gasteiger partial charge in [-0.25, -0.2) is 9.18 Å². The summed E-state index contributed by atoms with van der Waals surface area (Å²) in [4.78, 5) is 11.0. The molecule has 0 fully saturated rings. The van der Waals surface area contributed by atoms with Gasteiger partial charge in [0, 0.05) is 6.54 Å². The highest BCUT2D eigenvalue weighted by molar-refractivity contribution is 5.90. The van der Waals surface area contributed by atoms with E-state index in [0.717, 1.165) is 5.56 Å². The first-order chi connectivity index (χ1) is 9.88. The smallest absolute Gasteiger partial charge is 0.335 e. The Hall–Kier alpha value is -2.56. The Kier molecular flexibility index (Phi) is 4.12. The number of carboxylic acid groups (broad SMARTS) is 1. The summed E-state index contributed by atoms with van der Waals surface area (Å²) in [6.45, 7) is 3.87. The molecule has 0 amide bonds. The lowest BCUT2D eigenvalue weighted by molar-refractivity contribution is 0.0697. The van der Waals surface area contributed by atoms with E-state index in [-0.39, 0.29) is 11.4 Å². The first-order valence-corrected chi connectivity index (χ1v) is 6.51. The Morgan fingerprint density at radius 2 is 1.86 bits per heavy atom. The van der Waals surface area contributed by atoms with Gasteiger partial charge in [-0.05, 0) is 48.7 Å². The Bertz CT molecular complexity index is 676. The van der Waals surface area contributed by atoms with Gasteiger partial charge >= 0.3 is 5.97 Å². The Labute approximate surface area is 122 Å². The van der Waals surface area contributed by atoms with Crippen LogP contribution in [0.2, 0.25) is 0 Å². The summed E-state index contributed by atoms with van der Waals surface area (Å²) in [5.74, 6) is -1.21. The molecule has 4 nitrogen and oxygen atoms in total. The van der Waals surface area contributed by atoms with E-state index in [1.807, 2.05) is 0 Å². The number of carbonyl (C=O) groups is 1. The molecule has 0 heterocycles. The van der Waals surface area contributed by atoms with E-state index in [1.54, 1.807) is 32.0 Å². The van der Waals surface area contributed by atoms with Gasteiger partial charge in [0.1, 0.15) is 5.82 Å². The van der Waals surface area contributed by atoms with Crippen molar-refractivity contribution in [1.29, 1.82) is 0 Å². The standard InChI is InChI=1S/C16H17FN2O2/c1-9-5-11(6-10(2)15(9)17)8-19-14-7-12(16(20)21)3-4-13(14)18/h3-7,19H,8,18H2,1-2H3,(H,20,21). The molecule has 110 valence electrons. The highest BCUT2D eigenvalue weighted by atomic mass is 19.1. The topological polar surface area (TPSA) is 75.3 Å². The van der Waals surface area contributed by atoms with Crippen molar-refractivity contribution < 1.29 is 14.3 Å². The zero-order chi connectivity index (χ0) is 15.6. The molecule has 2 aromatic carbocycles. The minimum absolute atomic E-state index is 0.165. The van der Waals surface area contributed by atoms with Crippen molar-refractivity contribution in [3.05, 3.63) is 58.4 Å². The molecular weight excluding hydrogens is 271 g/mol. The zero-order valence-corrected chi connectivity index (χ0v) is 11.9. The minimum atomic E-state index is -1.01. The molecule has 2 aromatic rings. The first kappa shape index (κ1) is 14.8. The van der Waals surface area contributed by atoms with Gasteiger partial charge in [0.05, 0.1) is 16.9 Å². The van der Waals surface area contributed by atoms with Crippen LogP contribution < -0.4 is 11.1 Å². The summed E-state index contributed by atoms with van der Waals surface area (Å²) in [6.07, 6.45) is 0. The maximum absolute atomic E-state index is 13.6. The van der Waals surface area contributed by atoms with Crippen molar-refractivity contribution in [2.24, 2.45) is 0 Å². The van der Waals surface area contributed by atoms with Crippen molar-refractivity contribution in [3.8, 4) is 0 Å². The normalized spacial score (nSPS) is 10.4. The molecule has 0 unspecified atom stereocenters. The molecule has 0 atom stereocenters. The molecule has 0 saturated heterocycles. The molecule has 0 spiro atoms. The third kappa shape index (κ3) is 3.31. The van der Waals surface area contributed by atoms with E-state index >= 15 is 0 Å². The number of aryl methyl sites for hydroxylation is 2. The number of hydrogen-bond donors (Lipinski definition) is 3. The average molecular weight is 288 g/mol. The average Bonchev–Trinajstić information content (AvgIpc) is 2.43. The molecule has 2 rings (SSSR count). The molecule has 0 bridgehead atoms. The lowest BCUT2D eigenvalue weighted by Gasteiger charge is -2.12. The van der Waals surface area contributed by atoms with Crippen LogP contribution in [0.1, 0.15) is 27.0 Å². The summed E-state index contributed by atoms with van der Waals surface area (Å²) in [6, 6.07) is 8.00. The van der Waals surface area contributed by atoms with Crippen LogP contribution in [0.5, 0.6) is 0 Å². The summed E-state index contributed by atoms with van der Waals surface area (Å²) in [5.41, 5.74) is 9.08. The van der Waals surface area contributed by atoms with Gasteiger partial charge in [-0.15, -0.1) is 0 Å². The van der Waals surface area contributed by atoms with Crippen LogP contribution in [-0.2, 0) is 6.54 Å². The van der Waals surface area contributed by atoms with Crippen LogP contribution in [0.3, 0.4) is 0 Å². The Morgan fingerprint density at radius 3 is 2.43 bits per heavy atom. The molecule has 0 aliphatic rings. The number of halogens is 1. The maximum Gasteiger partial charge on any atom is 0.335 e. The fourth-order valence-corrected chi connectivity index (χ4v) is 2.18. The Balaban J connectivity index is 2.20. The van der Waals surface area contributed by atoms with E-state index in [9.17, 15) is 9.18 Å². The molecule has 4 N–H and O–H groups in total. The van der Waals surface area contributed by atoms with Gasteiger partial charge in [-0.3, -0.25) is 0 Å². The number of hydrogen-bond acceptors (Lipinski definition) is 3. The number of nitrogens with one attached hydrogen (secondary N) is 1. The molecule has 21 heavy (non-hydrogen) atoms. The number of benzene rings is 2. The van der Waals surface area contributed by atoms with Crippen molar-refractivity contribution in [3.63, 3.8) is 0 Å². The number of rotatable bonds is 4. The van der Waals surface area contributed by atoms with E-state index in [4.69, 9.17) is 10.8 Å². The van der Waals surface area contributed by atoms with Gasteiger partial charge in [0.15, 0.2) is 0 Å². The van der Waals surface area contributed by atoms with Gasteiger partial charge < -0.3 is 16.2 Å². The van der Waals surface area contributed by atoms with Gasteiger partial charge in [-0.1, -0.05) is 12.1 Å². The number of nitrogen functional groups attached to an aromatic ring is 1. The van der Waals surface area contributed by atoms with E-state index in [0.29, 0.717) is 29.0 Å². The molecular formula is C16H17FN2O2. The summed E-state index contributed by atoms with van der Waals surface area (Å²) in [7, 11) is 0. The third-order valence-corrected chi connectivity index (χ3v) is 3.28. The van der Waals surface area contributed by atoms with Crippen LogP contribution in [0.15, 0.2) is 30.3 Å².